The lowest BCUT2D eigenvalue weighted by Gasteiger charge is -2.30. The van der Waals surface area contributed by atoms with Crippen molar-refractivity contribution in [2.24, 2.45) is 0 Å². The molecule has 3 nitrogen and oxygen atoms in total. The summed E-state index contributed by atoms with van der Waals surface area (Å²) in [4.78, 5) is 5.84. The average molecular weight is 260 g/mol. The van der Waals surface area contributed by atoms with Crippen LogP contribution < -0.4 is 4.90 Å². The van der Waals surface area contributed by atoms with E-state index in [9.17, 15) is 13.2 Å². The minimum Gasteiger partial charge on any atom is -0.378 e. The van der Waals surface area contributed by atoms with Crippen LogP contribution in [0.4, 0.5) is 18.9 Å². The number of hydrogen-bond acceptors (Lipinski definition) is 3. The minimum absolute atomic E-state index is 0.541. The highest BCUT2D eigenvalue weighted by Crippen LogP contribution is 2.32. The quantitative estimate of drug-likeness (QED) is 0.817. The maximum atomic E-state index is 12.7. The van der Waals surface area contributed by atoms with Gasteiger partial charge in [-0.05, 0) is 12.5 Å². The lowest BCUT2D eigenvalue weighted by Crippen LogP contribution is -2.37. The standard InChI is InChI=1S/C12H15F3N2O/c1-2-10-11(17-3-5-18-6-4-17)7-9(8-16-10)12(13,14)15/h7-8H,2-6H2,1H3. The molecular weight excluding hydrogens is 245 g/mol. The number of morpholine rings is 1. The van der Waals surface area contributed by atoms with Gasteiger partial charge in [0.2, 0.25) is 0 Å². The molecule has 0 amide bonds. The third-order valence-corrected chi connectivity index (χ3v) is 2.96. The molecule has 0 radical (unpaired) electrons. The predicted molar refractivity (Wildman–Crippen MR) is 61.6 cm³/mol. The first-order valence-electron chi connectivity index (χ1n) is 5.91. The minimum atomic E-state index is -4.35. The van der Waals surface area contributed by atoms with Gasteiger partial charge in [0, 0.05) is 19.3 Å². The van der Waals surface area contributed by atoms with Crippen molar-refractivity contribution in [3.8, 4) is 0 Å². The number of anilines is 1. The number of hydrogen-bond donors (Lipinski definition) is 0. The summed E-state index contributed by atoms with van der Waals surface area (Å²) >= 11 is 0. The molecule has 1 aliphatic rings. The molecule has 2 heterocycles. The molecule has 0 atom stereocenters. The molecule has 1 saturated heterocycles. The molecule has 0 aromatic carbocycles. The van der Waals surface area contributed by atoms with E-state index < -0.39 is 11.7 Å². The van der Waals surface area contributed by atoms with Crippen molar-refractivity contribution >= 4 is 5.69 Å². The molecule has 2 rings (SSSR count). The van der Waals surface area contributed by atoms with Crippen molar-refractivity contribution in [1.82, 2.24) is 4.98 Å². The Morgan fingerprint density at radius 2 is 2.00 bits per heavy atom. The largest absolute Gasteiger partial charge is 0.417 e. The summed E-state index contributed by atoms with van der Waals surface area (Å²) in [6.07, 6.45) is -2.83. The molecule has 0 spiro atoms. The summed E-state index contributed by atoms with van der Waals surface area (Å²) in [7, 11) is 0. The Balaban J connectivity index is 2.35. The van der Waals surface area contributed by atoms with Gasteiger partial charge in [-0.15, -0.1) is 0 Å². The second kappa shape index (κ2) is 5.14. The first-order valence-corrected chi connectivity index (χ1v) is 5.91. The fraction of sp³-hybridized carbons (Fsp3) is 0.583. The van der Waals surface area contributed by atoms with Crippen LogP contribution in [0.1, 0.15) is 18.2 Å². The van der Waals surface area contributed by atoms with Gasteiger partial charge < -0.3 is 9.64 Å². The molecular formula is C12H15F3N2O. The zero-order valence-electron chi connectivity index (χ0n) is 10.1. The number of nitrogens with zero attached hydrogens (tertiary/aromatic N) is 2. The number of aryl methyl sites for hydroxylation is 1. The maximum absolute atomic E-state index is 12.7. The van der Waals surface area contributed by atoms with Crippen LogP contribution in [0.15, 0.2) is 12.3 Å². The summed E-state index contributed by atoms with van der Waals surface area (Å²) in [6, 6.07) is 1.19. The van der Waals surface area contributed by atoms with Crippen molar-refractivity contribution in [1.29, 1.82) is 0 Å². The van der Waals surface area contributed by atoms with Gasteiger partial charge in [0.15, 0.2) is 0 Å². The van der Waals surface area contributed by atoms with E-state index in [1.54, 1.807) is 0 Å². The smallest absolute Gasteiger partial charge is 0.378 e. The Morgan fingerprint density at radius 1 is 1.33 bits per heavy atom. The number of halogens is 3. The molecule has 1 aromatic rings. The van der Waals surface area contributed by atoms with Gasteiger partial charge in [0.25, 0.3) is 0 Å². The van der Waals surface area contributed by atoms with Gasteiger partial charge in [-0.2, -0.15) is 13.2 Å². The van der Waals surface area contributed by atoms with Crippen LogP contribution in [0, 0.1) is 0 Å². The SMILES string of the molecule is CCc1ncc(C(F)(F)F)cc1N1CCOCC1. The van der Waals surface area contributed by atoms with Crippen LogP contribution in [0.5, 0.6) is 0 Å². The molecule has 0 bridgehead atoms. The third kappa shape index (κ3) is 2.75. The Kier molecular flexibility index (Phi) is 3.75. The second-order valence-electron chi connectivity index (χ2n) is 4.14. The molecule has 1 aromatic heterocycles. The zero-order chi connectivity index (χ0) is 13.2. The number of pyridine rings is 1. The lowest BCUT2D eigenvalue weighted by atomic mass is 10.1. The van der Waals surface area contributed by atoms with Crippen LogP contribution in [0.25, 0.3) is 0 Å². The Bertz CT molecular complexity index is 414. The highest BCUT2D eigenvalue weighted by molar-refractivity contribution is 5.53. The Morgan fingerprint density at radius 3 is 2.56 bits per heavy atom. The van der Waals surface area contributed by atoms with E-state index in [0.29, 0.717) is 44.1 Å². The molecule has 6 heteroatoms. The molecule has 0 aliphatic carbocycles. The van der Waals surface area contributed by atoms with Gasteiger partial charge in [-0.3, -0.25) is 4.98 Å². The highest BCUT2D eigenvalue weighted by Gasteiger charge is 2.32. The zero-order valence-corrected chi connectivity index (χ0v) is 10.1. The molecule has 0 saturated carbocycles. The fourth-order valence-corrected chi connectivity index (χ4v) is 1.99. The number of rotatable bonds is 2. The average Bonchev–Trinajstić information content (AvgIpc) is 2.38. The molecule has 0 unspecified atom stereocenters. The molecule has 1 fully saturated rings. The summed E-state index contributed by atoms with van der Waals surface area (Å²) in [5.74, 6) is 0. The summed E-state index contributed by atoms with van der Waals surface area (Å²) in [5.41, 5.74) is 0.585. The van der Waals surface area contributed by atoms with Crippen LogP contribution in [0.2, 0.25) is 0 Å². The van der Waals surface area contributed by atoms with Crippen molar-refractivity contribution in [3.05, 3.63) is 23.5 Å². The summed E-state index contributed by atoms with van der Waals surface area (Å²) in [5, 5.41) is 0. The van der Waals surface area contributed by atoms with Gasteiger partial charge in [0.05, 0.1) is 30.2 Å². The van der Waals surface area contributed by atoms with Crippen LogP contribution in [-0.2, 0) is 17.3 Å². The number of ether oxygens (including phenoxy) is 1. The Labute approximate surface area is 104 Å². The number of aromatic nitrogens is 1. The van der Waals surface area contributed by atoms with E-state index in [4.69, 9.17) is 4.74 Å². The van der Waals surface area contributed by atoms with Gasteiger partial charge in [0.1, 0.15) is 0 Å². The van der Waals surface area contributed by atoms with E-state index in [2.05, 4.69) is 4.98 Å². The van der Waals surface area contributed by atoms with Gasteiger partial charge in [-0.25, -0.2) is 0 Å². The molecule has 18 heavy (non-hydrogen) atoms. The van der Waals surface area contributed by atoms with Crippen molar-refractivity contribution in [2.45, 2.75) is 19.5 Å². The van der Waals surface area contributed by atoms with E-state index in [-0.39, 0.29) is 0 Å². The first-order chi connectivity index (χ1) is 8.52. The van der Waals surface area contributed by atoms with Crippen LogP contribution in [-0.4, -0.2) is 31.3 Å². The van der Waals surface area contributed by atoms with Crippen molar-refractivity contribution in [2.75, 3.05) is 31.2 Å². The molecule has 100 valence electrons. The first kappa shape index (κ1) is 13.1. The summed E-state index contributed by atoms with van der Waals surface area (Å²) < 4.78 is 43.3. The van der Waals surface area contributed by atoms with Crippen molar-refractivity contribution < 1.29 is 17.9 Å². The van der Waals surface area contributed by atoms with E-state index in [0.717, 1.165) is 6.20 Å². The highest BCUT2D eigenvalue weighted by atomic mass is 19.4. The fourth-order valence-electron chi connectivity index (χ4n) is 1.99. The van der Waals surface area contributed by atoms with Crippen LogP contribution >= 0.6 is 0 Å². The maximum Gasteiger partial charge on any atom is 0.417 e. The topological polar surface area (TPSA) is 25.4 Å². The summed E-state index contributed by atoms with van der Waals surface area (Å²) in [6.45, 7) is 4.18. The van der Waals surface area contributed by atoms with Gasteiger partial charge >= 0.3 is 6.18 Å². The second-order valence-corrected chi connectivity index (χ2v) is 4.14. The van der Waals surface area contributed by atoms with E-state index >= 15 is 0 Å². The predicted octanol–water partition coefficient (Wildman–Crippen LogP) is 2.50. The monoisotopic (exact) mass is 260 g/mol. The van der Waals surface area contributed by atoms with E-state index in [1.807, 2.05) is 11.8 Å². The Hall–Kier alpha value is -1.30. The molecule has 0 N–H and O–H groups in total. The number of alkyl halides is 3. The normalized spacial score (nSPS) is 17.0. The third-order valence-electron chi connectivity index (χ3n) is 2.96. The molecule has 1 aliphatic heterocycles. The van der Waals surface area contributed by atoms with Crippen molar-refractivity contribution in [3.63, 3.8) is 0 Å². The van der Waals surface area contributed by atoms with E-state index in [1.165, 1.54) is 6.07 Å². The van der Waals surface area contributed by atoms with Crippen LogP contribution in [0.3, 0.4) is 0 Å². The lowest BCUT2D eigenvalue weighted by molar-refractivity contribution is -0.137. The van der Waals surface area contributed by atoms with Gasteiger partial charge in [-0.1, -0.05) is 6.92 Å².